The molecule has 1 saturated heterocycles. The number of aromatic amines is 1. The second-order valence-corrected chi connectivity index (χ2v) is 11.2. The molecule has 2 aromatic heterocycles. The number of tetrazole rings is 1. The summed E-state index contributed by atoms with van der Waals surface area (Å²) in [6, 6.07) is 5.97. The van der Waals surface area contributed by atoms with Crippen molar-refractivity contribution in [3.63, 3.8) is 0 Å². The number of hydrogen-bond acceptors (Lipinski definition) is 8. The number of H-pyrrole nitrogens is 1. The number of piperazine rings is 1. The van der Waals surface area contributed by atoms with E-state index in [0.29, 0.717) is 34.4 Å². The van der Waals surface area contributed by atoms with E-state index >= 15 is 0 Å². The Morgan fingerprint density at radius 3 is 2.30 bits per heavy atom. The zero-order valence-corrected chi connectivity index (χ0v) is 22.7. The highest BCUT2D eigenvalue weighted by molar-refractivity contribution is 5.83. The van der Waals surface area contributed by atoms with Gasteiger partial charge in [-0.1, -0.05) is 19.3 Å². The maximum Gasteiger partial charge on any atom is 0.253 e. The number of ether oxygens (including phenoxy) is 2. The zero-order valence-electron chi connectivity index (χ0n) is 22.7. The number of aromatic nitrogens is 5. The Labute approximate surface area is 217 Å². The van der Waals surface area contributed by atoms with Crippen LogP contribution < -0.4 is 15.0 Å². The molecule has 1 aliphatic heterocycles. The number of methoxy groups -OCH3 is 2. The van der Waals surface area contributed by atoms with E-state index in [9.17, 15) is 4.79 Å². The SMILES string of the molecule is COc1cc2cc([C@H](c3nnnn3C(C)(C)C)N3CCN(C4CCCCC4)CC3)c(=O)[nH]c2cc1OC. The maximum atomic E-state index is 13.6. The minimum Gasteiger partial charge on any atom is -0.493 e. The molecule has 1 atom stereocenters. The second-order valence-electron chi connectivity index (χ2n) is 11.2. The Morgan fingerprint density at radius 1 is 0.973 bits per heavy atom. The predicted octanol–water partition coefficient (Wildman–Crippen LogP) is 3.33. The van der Waals surface area contributed by atoms with Gasteiger partial charge in [-0.25, -0.2) is 4.68 Å². The molecule has 1 aliphatic carbocycles. The van der Waals surface area contributed by atoms with Crippen molar-refractivity contribution >= 4 is 10.9 Å². The average molecular weight is 510 g/mol. The molecule has 1 N–H and O–H groups in total. The van der Waals surface area contributed by atoms with Gasteiger partial charge in [-0.15, -0.1) is 5.10 Å². The van der Waals surface area contributed by atoms with Gasteiger partial charge in [0.1, 0.15) is 6.04 Å². The van der Waals surface area contributed by atoms with Crippen LogP contribution in [0.2, 0.25) is 0 Å². The predicted molar refractivity (Wildman–Crippen MR) is 142 cm³/mol. The molecule has 37 heavy (non-hydrogen) atoms. The van der Waals surface area contributed by atoms with E-state index in [4.69, 9.17) is 9.47 Å². The topological polar surface area (TPSA) is 101 Å². The average Bonchev–Trinajstić information content (AvgIpc) is 3.40. The van der Waals surface area contributed by atoms with Gasteiger partial charge >= 0.3 is 0 Å². The van der Waals surface area contributed by atoms with Crippen LogP contribution in [0.15, 0.2) is 23.0 Å². The molecular weight excluding hydrogens is 470 g/mol. The van der Waals surface area contributed by atoms with Crippen molar-refractivity contribution in [3.8, 4) is 11.5 Å². The highest BCUT2D eigenvalue weighted by Crippen LogP contribution is 2.34. The van der Waals surface area contributed by atoms with Gasteiger partial charge in [0.05, 0.1) is 25.3 Å². The Hall–Kier alpha value is -2.98. The van der Waals surface area contributed by atoms with E-state index in [1.807, 2.05) is 16.8 Å². The van der Waals surface area contributed by atoms with E-state index in [-0.39, 0.29) is 17.1 Å². The molecule has 1 saturated carbocycles. The van der Waals surface area contributed by atoms with Gasteiger partial charge in [-0.05, 0) is 56.2 Å². The third-order valence-corrected chi connectivity index (χ3v) is 7.85. The minimum atomic E-state index is -0.371. The first kappa shape index (κ1) is 25.7. The second kappa shape index (κ2) is 10.4. The van der Waals surface area contributed by atoms with Crippen LogP contribution in [0.3, 0.4) is 0 Å². The van der Waals surface area contributed by atoms with Crippen molar-refractivity contribution in [1.82, 2.24) is 35.0 Å². The Bertz CT molecular complexity index is 1280. The van der Waals surface area contributed by atoms with Crippen LogP contribution in [0.25, 0.3) is 10.9 Å². The van der Waals surface area contributed by atoms with Gasteiger partial charge < -0.3 is 14.5 Å². The zero-order chi connectivity index (χ0) is 26.2. The molecule has 1 aromatic carbocycles. The molecule has 10 nitrogen and oxygen atoms in total. The van der Waals surface area contributed by atoms with Gasteiger partial charge in [-0.2, -0.15) is 0 Å². The molecule has 2 aliphatic rings. The van der Waals surface area contributed by atoms with Crippen molar-refractivity contribution < 1.29 is 9.47 Å². The lowest BCUT2D eigenvalue weighted by Crippen LogP contribution is -2.52. The molecule has 3 aromatic rings. The van der Waals surface area contributed by atoms with E-state index in [0.717, 1.165) is 31.6 Å². The highest BCUT2D eigenvalue weighted by Gasteiger charge is 2.36. The van der Waals surface area contributed by atoms with E-state index in [1.54, 1.807) is 20.3 Å². The van der Waals surface area contributed by atoms with E-state index < -0.39 is 0 Å². The summed E-state index contributed by atoms with van der Waals surface area (Å²) in [6.45, 7) is 9.89. The Morgan fingerprint density at radius 2 is 1.65 bits per heavy atom. The lowest BCUT2D eigenvalue weighted by atomic mass is 9.93. The molecule has 0 amide bonds. The number of nitrogens with one attached hydrogen (secondary N) is 1. The van der Waals surface area contributed by atoms with Gasteiger partial charge in [0.15, 0.2) is 17.3 Å². The lowest BCUT2D eigenvalue weighted by Gasteiger charge is -2.43. The number of benzene rings is 1. The number of fused-ring (bicyclic) bond motifs is 1. The molecule has 0 unspecified atom stereocenters. The third-order valence-electron chi connectivity index (χ3n) is 7.85. The molecular formula is C27H39N7O3. The summed E-state index contributed by atoms with van der Waals surface area (Å²) < 4.78 is 12.8. The van der Waals surface area contributed by atoms with Crippen molar-refractivity contribution in [2.75, 3.05) is 40.4 Å². The van der Waals surface area contributed by atoms with Crippen molar-refractivity contribution in [2.24, 2.45) is 0 Å². The maximum absolute atomic E-state index is 13.6. The molecule has 10 heteroatoms. The number of rotatable bonds is 6. The van der Waals surface area contributed by atoms with Crippen LogP contribution in [0.4, 0.5) is 0 Å². The minimum absolute atomic E-state index is 0.150. The smallest absolute Gasteiger partial charge is 0.253 e. The largest absolute Gasteiger partial charge is 0.493 e. The van der Waals surface area contributed by atoms with Gasteiger partial charge in [-0.3, -0.25) is 14.6 Å². The summed E-state index contributed by atoms with van der Waals surface area (Å²) in [5.41, 5.74) is 0.845. The monoisotopic (exact) mass is 509 g/mol. The molecule has 0 bridgehead atoms. The van der Waals surface area contributed by atoms with Crippen LogP contribution in [0.5, 0.6) is 11.5 Å². The summed E-state index contributed by atoms with van der Waals surface area (Å²) in [6.07, 6.45) is 6.60. The lowest BCUT2D eigenvalue weighted by molar-refractivity contribution is 0.0606. The Balaban J connectivity index is 1.55. The number of nitrogens with zero attached hydrogens (tertiary/aromatic N) is 6. The van der Waals surface area contributed by atoms with Crippen LogP contribution in [-0.2, 0) is 5.54 Å². The summed E-state index contributed by atoms with van der Waals surface area (Å²) >= 11 is 0. The molecule has 2 fully saturated rings. The summed E-state index contributed by atoms with van der Waals surface area (Å²) in [5, 5.41) is 13.7. The van der Waals surface area contributed by atoms with Gasteiger partial charge in [0.2, 0.25) is 0 Å². The summed E-state index contributed by atoms with van der Waals surface area (Å²) in [7, 11) is 3.20. The van der Waals surface area contributed by atoms with Crippen LogP contribution >= 0.6 is 0 Å². The third kappa shape index (κ3) is 5.09. The van der Waals surface area contributed by atoms with Crippen LogP contribution in [0, 0.1) is 0 Å². The normalized spacial score (nSPS) is 19.3. The number of hydrogen-bond donors (Lipinski definition) is 1. The highest BCUT2D eigenvalue weighted by atomic mass is 16.5. The summed E-state index contributed by atoms with van der Waals surface area (Å²) in [4.78, 5) is 21.7. The molecule has 0 spiro atoms. The fourth-order valence-electron chi connectivity index (χ4n) is 5.90. The first-order chi connectivity index (χ1) is 17.8. The van der Waals surface area contributed by atoms with Gasteiger partial charge in [0.25, 0.3) is 5.56 Å². The molecule has 3 heterocycles. The first-order valence-corrected chi connectivity index (χ1v) is 13.4. The quantitative estimate of drug-likeness (QED) is 0.540. The fraction of sp³-hybridized carbons (Fsp3) is 0.630. The van der Waals surface area contributed by atoms with Crippen molar-refractivity contribution in [2.45, 2.75) is 70.5 Å². The Kier molecular flexibility index (Phi) is 7.22. The van der Waals surface area contributed by atoms with Gasteiger partial charge in [0, 0.05) is 49.2 Å². The van der Waals surface area contributed by atoms with E-state index in [2.05, 4.69) is 51.1 Å². The summed E-state index contributed by atoms with van der Waals surface area (Å²) in [5.74, 6) is 1.87. The van der Waals surface area contributed by atoms with Crippen LogP contribution in [-0.4, -0.2) is 81.4 Å². The molecule has 0 radical (unpaired) electrons. The first-order valence-electron chi connectivity index (χ1n) is 13.4. The van der Waals surface area contributed by atoms with E-state index in [1.165, 1.54) is 32.1 Å². The fourth-order valence-corrected chi connectivity index (χ4v) is 5.90. The van der Waals surface area contributed by atoms with Crippen molar-refractivity contribution in [1.29, 1.82) is 0 Å². The van der Waals surface area contributed by atoms with Crippen molar-refractivity contribution in [3.05, 3.63) is 39.9 Å². The standard InChI is InChI=1S/C27H39N7O3/c1-27(2,3)34-25(29-30-31-34)24(33-13-11-32(12-14-33)19-9-7-6-8-10-19)20-15-18-16-22(36-4)23(37-5)17-21(18)28-26(20)35/h15-17,19,24H,6-14H2,1-5H3,(H,28,35)/t24-/m1/s1. The number of pyridine rings is 1. The van der Waals surface area contributed by atoms with Crippen LogP contribution in [0.1, 0.15) is 70.3 Å². The molecule has 5 rings (SSSR count). The molecule has 200 valence electrons.